The zero-order valence-corrected chi connectivity index (χ0v) is 17.6. The van der Waals surface area contributed by atoms with Crippen molar-refractivity contribution in [3.05, 3.63) is 18.3 Å². The molecule has 3 rings (SSSR count). The van der Waals surface area contributed by atoms with Gasteiger partial charge in [-0.25, -0.2) is 13.4 Å². The molecule has 2 fully saturated rings. The molecule has 1 aromatic rings. The Balaban J connectivity index is 1.58. The van der Waals surface area contributed by atoms with Gasteiger partial charge in [0.2, 0.25) is 15.9 Å². The molecule has 27 heavy (non-hydrogen) atoms. The zero-order valence-electron chi connectivity index (χ0n) is 16.0. The van der Waals surface area contributed by atoms with E-state index in [1.54, 1.807) is 16.4 Å². The Kier molecular flexibility index (Phi) is 7.16. The molecule has 2 aliphatic heterocycles. The molecule has 0 N–H and O–H groups in total. The molecule has 6 nitrogen and oxygen atoms in total. The van der Waals surface area contributed by atoms with E-state index in [0.717, 1.165) is 45.1 Å². The van der Waals surface area contributed by atoms with Gasteiger partial charge in [0, 0.05) is 31.9 Å². The molecular weight excluding hydrogens is 382 g/mol. The van der Waals surface area contributed by atoms with Gasteiger partial charge in [0.25, 0.3) is 0 Å². The molecule has 1 atom stereocenters. The number of likely N-dealkylation sites (tertiary alicyclic amines) is 1. The molecular formula is C19H29N3O3S2. The average molecular weight is 412 g/mol. The minimum atomic E-state index is -3.45. The Morgan fingerprint density at radius 1 is 1.15 bits per heavy atom. The lowest BCUT2D eigenvalue weighted by molar-refractivity contribution is -0.132. The maximum atomic E-state index is 12.7. The minimum Gasteiger partial charge on any atom is -0.339 e. The van der Waals surface area contributed by atoms with Crippen LogP contribution >= 0.6 is 11.8 Å². The molecule has 0 aromatic carbocycles. The van der Waals surface area contributed by atoms with Crippen LogP contribution in [0.3, 0.4) is 0 Å². The second-order valence-electron chi connectivity index (χ2n) is 7.23. The van der Waals surface area contributed by atoms with E-state index in [4.69, 9.17) is 0 Å². The lowest BCUT2D eigenvalue weighted by Crippen LogP contribution is -2.44. The summed E-state index contributed by atoms with van der Waals surface area (Å²) in [6, 6.07) is 3.68. The third-order valence-corrected chi connectivity index (χ3v) is 8.24. The van der Waals surface area contributed by atoms with Crippen molar-refractivity contribution in [3.8, 4) is 0 Å². The van der Waals surface area contributed by atoms with Gasteiger partial charge in [0.05, 0.1) is 10.8 Å². The monoisotopic (exact) mass is 411 g/mol. The summed E-state index contributed by atoms with van der Waals surface area (Å²) < 4.78 is 26.9. The van der Waals surface area contributed by atoms with Gasteiger partial charge in [-0.3, -0.25) is 4.79 Å². The van der Waals surface area contributed by atoms with E-state index in [1.165, 1.54) is 24.4 Å². The van der Waals surface area contributed by atoms with Gasteiger partial charge in [-0.2, -0.15) is 4.31 Å². The summed E-state index contributed by atoms with van der Waals surface area (Å²) in [7, 11) is -3.45. The van der Waals surface area contributed by atoms with Crippen molar-refractivity contribution in [2.24, 2.45) is 0 Å². The zero-order chi connectivity index (χ0) is 19.3. The average Bonchev–Trinajstić information content (AvgIpc) is 2.73. The van der Waals surface area contributed by atoms with E-state index >= 15 is 0 Å². The van der Waals surface area contributed by atoms with Gasteiger partial charge >= 0.3 is 0 Å². The number of hydrogen-bond acceptors (Lipinski definition) is 5. The second kappa shape index (κ2) is 9.39. The summed E-state index contributed by atoms with van der Waals surface area (Å²) in [5.41, 5.74) is 0. The predicted molar refractivity (Wildman–Crippen MR) is 107 cm³/mol. The third-order valence-electron chi connectivity index (χ3n) is 5.42. The molecule has 8 heteroatoms. The normalized spacial score (nSPS) is 22.0. The molecule has 0 saturated carbocycles. The lowest BCUT2D eigenvalue weighted by atomic mass is 10.0. The maximum absolute atomic E-state index is 12.7. The molecule has 1 aromatic heterocycles. The molecule has 0 aliphatic carbocycles. The first kappa shape index (κ1) is 20.6. The molecule has 2 aliphatic rings. The first-order valence-electron chi connectivity index (χ1n) is 9.91. The first-order chi connectivity index (χ1) is 13.0. The largest absolute Gasteiger partial charge is 0.339 e. The number of sulfonamides is 1. The topological polar surface area (TPSA) is 70.6 Å². The number of piperidine rings is 2. The van der Waals surface area contributed by atoms with Crippen molar-refractivity contribution in [3.63, 3.8) is 0 Å². The van der Waals surface area contributed by atoms with Crippen molar-refractivity contribution >= 4 is 27.7 Å². The van der Waals surface area contributed by atoms with Crippen LogP contribution < -0.4 is 0 Å². The highest BCUT2D eigenvalue weighted by Crippen LogP contribution is 2.24. The SMILES string of the molecule is CC[C@H]1CCCCN1C(=O)CSc1ccc(S(=O)(=O)N2CCCCC2)cn1. The number of carbonyl (C=O) groups is 1. The number of aromatic nitrogens is 1. The fourth-order valence-corrected chi connectivity index (χ4v) is 6.02. The van der Waals surface area contributed by atoms with Crippen LogP contribution in [-0.4, -0.2) is 59.9 Å². The Morgan fingerprint density at radius 3 is 2.56 bits per heavy atom. The van der Waals surface area contributed by atoms with Gasteiger partial charge in [-0.1, -0.05) is 25.1 Å². The van der Waals surface area contributed by atoms with Crippen molar-refractivity contribution in [1.82, 2.24) is 14.2 Å². The van der Waals surface area contributed by atoms with Crippen LogP contribution in [0.2, 0.25) is 0 Å². The van der Waals surface area contributed by atoms with E-state index in [2.05, 4.69) is 11.9 Å². The van der Waals surface area contributed by atoms with Crippen molar-refractivity contribution in [1.29, 1.82) is 0 Å². The molecule has 0 radical (unpaired) electrons. The smallest absolute Gasteiger partial charge is 0.244 e. The summed E-state index contributed by atoms with van der Waals surface area (Å²) in [6.07, 6.45) is 8.70. The molecule has 0 spiro atoms. The van der Waals surface area contributed by atoms with Crippen LogP contribution in [0.25, 0.3) is 0 Å². The minimum absolute atomic E-state index is 0.151. The number of carbonyl (C=O) groups excluding carboxylic acids is 1. The quantitative estimate of drug-likeness (QED) is 0.673. The van der Waals surface area contributed by atoms with Crippen LogP contribution in [0.15, 0.2) is 28.3 Å². The van der Waals surface area contributed by atoms with Gasteiger partial charge in [-0.05, 0) is 50.7 Å². The van der Waals surface area contributed by atoms with Gasteiger partial charge in [0.15, 0.2) is 0 Å². The molecule has 0 unspecified atom stereocenters. The van der Waals surface area contributed by atoms with Crippen molar-refractivity contribution in [2.45, 2.75) is 67.8 Å². The highest BCUT2D eigenvalue weighted by atomic mass is 32.2. The Bertz CT molecular complexity index is 731. The fraction of sp³-hybridized carbons (Fsp3) is 0.684. The number of hydrogen-bond donors (Lipinski definition) is 0. The van der Waals surface area contributed by atoms with Gasteiger partial charge in [0.1, 0.15) is 4.90 Å². The Hall–Kier alpha value is -1.12. The van der Waals surface area contributed by atoms with E-state index in [9.17, 15) is 13.2 Å². The number of thioether (sulfide) groups is 1. The van der Waals surface area contributed by atoms with Crippen molar-refractivity contribution in [2.75, 3.05) is 25.4 Å². The summed E-state index contributed by atoms with van der Waals surface area (Å²) in [6.45, 7) is 4.15. The highest BCUT2D eigenvalue weighted by Gasteiger charge is 2.27. The highest BCUT2D eigenvalue weighted by molar-refractivity contribution is 7.99. The number of rotatable bonds is 6. The van der Waals surface area contributed by atoms with Crippen LogP contribution in [0, 0.1) is 0 Å². The summed E-state index contributed by atoms with van der Waals surface area (Å²) >= 11 is 1.38. The number of amides is 1. The second-order valence-corrected chi connectivity index (χ2v) is 10.2. The third kappa shape index (κ3) is 5.03. The van der Waals surface area contributed by atoms with Crippen LogP contribution in [0.1, 0.15) is 51.9 Å². The van der Waals surface area contributed by atoms with Gasteiger partial charge < -0.3 is 4.90 Å². The summed E-state index contributed by atoms with van der Waals surface area (Å²) in [5.74, 6) is 0.500. The Labute approximate surface area is 166 Å². The number of pyridine rings is 1. The lowest BCUT2D eigenvalue weighted by Gasteiger charge is -2.35. The first-order valence-corrected chi connectivity index (χ1v) is 12.3. The summed E-state index contributed by atoms with van der Waals surface area (Å²) in [4.78, 5) is 19.1. The maximum Gasteiger partial charge on any atom is 0.244 e. The predicted octanol–water partition coefficient (Wildman–Crippen LogP) is 3.14. The van der Waals surface area contributed by atoms with Crippen molar-refractivity contribution < 1.29 is 13.2 Å². The fourth-order valence-electron chi connectivity index (χ4n) is 3.83. The number of nitrogens with zero attached hydrogens (tertiary/aromatic N) is 3. The van der Waals surface area contributed by atoms with E-state index in [0.29, 0.717) is 29.9 Å². The standard InChI is InChI=1S/C19H29N3O3S2/c1-2-16-8-4-7-13-22(16)19(23)15-26-18-10-9-17(14-20-18)27(24,25)21-11-5-3-6-12-21/h9-10,14,16H,2-8,11-13,15H2,1H3/t16-/m0/s1. The van der Waals surface area contributed by atoms with E-state index in [-0.39, 0.29) is 10.8 Å². The van der Waals surface area contributed by atoms with E-state index in [1.807, 2.05) is 4.90 Å². The Morgan fingerprint density at radius 2 is 1.89 bits per heavy atom. The van der Waals surface area contributed by atoms with Gasteiger partial charge in [-0.15, -0.1) is 0 Å². The van der Waals surface area contributed by atoms with Crippen LogP contribution in [-0.2, 0) is 14.8 Å². The molecule has 0 bridgehead atoms. The van der Waals surface area contributed by atoms with E-state index < -0.39 is 10.0 Å². The molecule has 1 amide bonds. The summed E-state index contributed by atoms with van der Waals surface area (Å²) in [5, 5.41) is 0.686. The van der Waals surface area contributed by atoms with Crippen LogP contribution in [0.4, 0.5) is 0 Å². The molecule has 2 saturated heterocycles. The molecule has 3 heterocycles. The van der Waals surface area contributed by atoms with Crippen LogP contribution in [0.5, 0.6) is 0 Å². The molecule has 150 valence electrons.